The molecule has 1 aromatic heterocycles. The third-order valence-corrected chi connectivity index (χ3v) is 7.31. The number of nitrogens with one attached hydrogen (secondary N) is 1. The van der Waals surface area contributed by atoms with Crippen molar-refractivity contribution in [2.75, 3.05) is 14.2 Å². The first-order chi connectivity index (χ1) is 14.2. The summed E-state index contributed by atoms with van der Waals surface area (Å²) in [6.07, 6.45) is 0.550. The van der Waals surface area contributed by atoms with Crippen LogP contribution in [0.1, 0.15) is 44.8 Å². The standard InChI is InChI=1S/C21H26N2O5S2/c1-6-16(14-7-10-18(27-4)19(11-14)28-5)22-30(25,26)15-8-9-17-20(12-15)29-21(24)23(17)13(2)3/h7-13,16,22H,6H2,1-5H3/t16-/m1/s1. The van der Waals surface area contributed by atoms with Crippen LogP contribution in [0.5, 0.6) is 11.5 Å². The average molecular weight is 451 g/mol. The van der Waals surface area contributed by atoms with Gasteiger partial charge in [0.2, 0.25) is 10.0 Å². The summed E-state index contributed by atoms with van der Waals surface area (Å²) in [6, 6.07) is 9.69. The van der Waals surface area contributed by atoms with Gasteiger partial charge in [0.05, 0.1) is 29.3 Å². The predicted molar refractivity (Wildman–Crippen MR) is 119 cm³/mol. The minimum atomic E-state index is -3.80. The van der Waals surface area contributed by atoms with Crippen molar-refractivity contribution < 1.29 is 17.9 Å². The van der Waals surface area contributed by atoms with Crippen LogP contribution in [-0.4, -0.2) is 27.2 Å². The van der Waals surface area contributed by atoms with E-state index in [0.29, 0.717) is 22.6 Å². The van der Waals surface area contributed by atoms with Crippen molar-refractivity contribution in [1.29, 1.82) is 0 Å². The highest BCUT2D eigenvalue weighted by Crippen LogP contribution is 2.32. The molecule has 0 radical (unpaired) electrons. The van der Waals surface area contributed by atoms with E-state index < -0.39 is 16.1 Å². The number of ether oxygens (including phenoxy) is 2. The number of nitrogens with zero attached hydrogens (tertiary/aromatic N) is 1. The molecule has 1 atom stereocenters. The van der Waals surface area contributed by atoms with Crippen molar-refractivity contribution >= 4 is 31.6 Å². The van der Waals surface area contributed by atoms with Crippen LogP contribution in [0, 0.1) is 0 Å². The minimum Gasteiger partial charge on any atom is -0.493 e. The maximum atomic E-state index is 13.1. The summed E-state index contributed by atoms with van der Waals surface area (Å²) in [5.74, 6) is 1.11. The Labute approximate surface area is 180 Å². The molecular weight excluding hydrogens is 424 g/mol. The van der Waals surface area contributed by atoms with E-state index in [1.807, 2.05) is 26.8 Å². The highest BCUT2D eigenvalue weighted by Gasteiger charge is 2.23. The first kappa shape index (κ1) is 22.3. The second kappa shape index (κ2) is 8.79. The Balaban J connectivity index is 1.96. The van der Waals surface area contributed by atoms with Gasteiger partial charge in [-0.15, -0.1) is 0 Å². The normalized spacial score (nSPS) is 13.0. The summed E-state index contributed by atoms with van der Waals surface area (Å²) >= 11 is 1.05. The Morgan fingerprint density at radius 2 is 1.77 bits per heavy atom. The zero-order chi connectivity index (χ0) is 22.1. The number of rotatable bonds is 8. The van der Waals surface area contributed by atoms with Crippen molar-refractivity contribution in [2.24, 2.45) is 0 Å². The minimum absolute atomic E-state index is 0.00126. The molecule has 1 heterocycles. The fraction of sp³-hybridized carbons (Fsp3) is 0.381. The number of fused-ring (bicyclic) bond motifs is 1. The molecule has 0 spiro atoms. The summed E-state index contributed by atoms with van der Waals surface area (Å²) < 4.78 is 41.8. The molecule has 30 heavy (non-hydrogen) atoms. The molecule has 0 aliphatic carbocycles. The Bertz CT molecular complexity index is 1210. The molecule has 0 saturated carbocycles. The molecule has 0 amide bonds. The molecule has 0 bridgehead atoms. The first-order valence-corrected chi connectivity index (χ1v) is 11.9. The lowest BCUT2D eigenvalue weighted by Crippen LogP contribution is -2.28. The smallest absolute Gasteiger partial charge is 0.308 e. The topological polar surface area (TPSA) is 86.6 Å². The molecule has 0 aliphatic rings. The van der Waals surface area contributed by atoms with E-state index in [0.717, 1.165) is 22.4 Å². The Morgan fingerprint density at radius 1 is 1.07 bits per heavy atom. The highest BCUT2D eigenvalue weighted by atomic mass is 32.2. The SMILES string of the molecule is CC[C@@H](NS(=O)(=O)c1ccc2c(c1)sc(=O)n2C(C)C)c1ccc(OC)c(OC)c1. The van der Waals surface area contributed by atoms with E-state index in [9.17, 15) is 13.2 Å². The van der Waals surface area contributed by atoms with E-state index in [-0.39, 0.29) is 15.8 Å². The molecule has 2 aromatic carbocycles. The monoisotopic (exact) mass is 450 g/mol. The predicted octanol–water partition coefficient (Wildman–Crippen LogP) is 4.09. The van der Waals surface area contributed by atoms with Crippen LogP contribution in [0.25, 0.3) is 10.2 Å². The quantitative estimate of drug-likeness (QED) is 0.559. The number of aromatic nitrogens is 1. The van der Waals surface area contributed by atoms with Gasteiger partial charge in [0, 0.05) is 12.1 Å². The van der Waals surface area contributed by atoms with Crippen molar-refractivity contribution in [3.63, 3.8) is 0 Å². The van der Waals surface area contributed by atoms with Crippen molar-refractivity contribution in [3.8, 4) is 11.5 Å². The summed E-state index contributed by atoms with van der Waals surface area (Å²) in [7, 11) is -0.708. The lowest BCUT2D eigenvalue weighted by molar-refractivity contribution is 0.354. The van der Waals surface area contributed by atoms with Gasteiger partial charge < -0.3 is 9.47 Å². The van der Waals surface area contributed by atoms with Gasteiger partial charge in [0.25, 0.3) is 0 Å². The van der Waals surface area contributed by atoms with Crippen molar-refractivity contribution in [1.82, 2.24) is 9.29 Å². The fourth-order valence-electron chi connectivity index (χ4n) is 3.38. The van der Waals surface area contributed by atoms with E-state index in [4.69, 9.17) is 9.47 Å². The van der Waals surface area contributed by atoms with Crippen LogP contribution in [0.15, 0.2) is 46.1 Å². The van der Waals surface area contributed by atoms with Crippen LogP contribution in [-0.2, 0) is 10.0 Å². The van der Waals surface area contributed by atoms with E-state index in [1.54, 1.807) is 35.9 Å². The molecule has 0 saturated heterocycles. The lowest BCUT2D eigenvalue weighted by Gasteiger charge is -2.19. The van der Waals surface area contributed by atoms with Gasteiger partial charge >= 0.3 is 4.87 Å². The molecule has 1 N–H and O–H groups in total. The van der Waals surface area contributed by atoms with Crippen LogP contribution >= 0.6 is 11.3 Å². The van der Waals surface area contributed by atoms with Crippen LogP contribution in [0.2, 0.25) is 0 Å². The van der Waals surface area contributed by atoms with Crippen molar-refractivity contribution in [3.05, 3.63) is 51.6 Å². The zero-order valence-corrected chi connectivity index (χ0v) is 19.3. The molecule has 7 nitrogen and oxygen atoms in total. The number of sulfonamides is 1. The fourth-order valence-corrected chi connectivity index (χ4v) is 5.85. The van der Waals surface area contributed by atoms with Crippen LogP contribution < -0.4 is 19.1 Å². The van der Waals surface area contributed by atoms with Crippen LogP contribution in [0.3, 0.4) is 0 Å². The first-order valence-electron chi connectivity index (χ1n) is 9.61. The molecule has 9 heteroatoms. The van der Waals surface area contributed by atoms with Crippen LogP contribution in [0.4, 0.5) is 0 Å². The zero-order valence-electron chi connectivity index (χ0n) is 17.6. The second-order valence-electron chi connectivity index (χ2n) is 7.16. The van der Waals surface area contributed by atoms with Gasteiger partial charge in [-0.05, 0) is 56.2 Å². The summed E-state index contributed by atoms with van der Waals surface area (Å²) in [5.41, 5.74) is 1.52. The molecular formula is C21H26N2O5S2. The van der Waals surface area contributed by atoms with E-state index in [1.165, 1.54) is 13.2 Å². The highest BCUT2D eigenvalue weighted by molar-refractivity contribution is 7.89. The van der Waals surface area contributed by atoms with Gasteiger partial charge in [0.15, 0.2) is 11.5 Å². The third-order valence-electron chi connectivity index (χ3n) is 4.93. The number of hydrogen-bond acceptors (Lipinski definition) is 6. The molecule has 162 valence electrons. The largest absolute Gasteiger partial charge is 0.493 e. The molecule has 3 rings (SSSR count). The Hall–Kier alpha value is -2.36. The summed E-state index contributed by atoms with van der Waals surface area (Å²) in [6.45, 7) is 5.76. The number of methoxy groups -OCH3 is 2. The van der Waals surface area contributed by atoms with Gasteiger partial charge in [-0.25, -0.2) is 13.1 Å². The Kier molecular flexibility index (Phi) is 6.54. The summed E-state index contributed by atoms with van der Waals surface area (Å²) in [5, 5.41) is 0. The molecule has 0 aliphatic heterocycles. The Morgan fingerprint density at radius 3 is 2.37 bits per heavy atom. The van der Waals surface area contributed by atoms with E-state index in [2.05, 4.69) is 4.72 Å². The number of thiazole rings is 1. The van der Waals surface area contributed by atoms with Gasteiger partial charge in [0.1, 0.15) is 0 Å². The molecule has 3 aromatic rings. The maximum absolute atomic E-state index is 13.1. The summed E-state index contributed by atoms with van der Waals surface area (Å²) in [4.78, 5) is 12.3. The number of hydrogen-bond donors (Lipinski definition) is 1. The maximum Gasteiger partial charge on any atom is 0.308 e. The lowest BCUT2D eigenvalue weighted by atomic mass is 10.1. The second-order valence-corrected chi connectivity index (χ2v) is 9.86. The van der Waals surface area contributed by atoms with Gasteiger partial charge in [-0.1, -0.05) is 24.3 Å². The van der Waals surface area contributed by atoms with Gasteiger partial charge in [-0.2, -0.15) is 0 Å². The average Bonchev–Trinajstić information content (AvgIpc) is 3.06. The number of benzene rings is 2. The molecule has 0 unspecified atom stereocenters. The van der Waals surface area contributed by atoms with Crippen molar-refractivity contribution in [2.45, 2.75) is 44.2 Å². The van der Waals surface area contributed by atoms with E-state index >= 15 is 0 Å². The third kappa shape index (κ3) is 4.23. The van der Waals surface area contributed by atoms with Gasteiger partial charge in [-0.3, -0.25) is 9.36 Å². The molecule has 0 fully saturated rings.